The highest BCUT2D eigenvalue weighted by Crippen LogP contribution is 2.29. The number of carbonyl (C=O) groups is 1. The number of anilines is 1. The summed E-state index contributed by atoms with van der Waals surface area (Å²) in [5.74, 6) is 0.674. The number of aryl methyl sites for hydroxylation is 1. The van der Waals surface area contributed by atoms with Crippen LogP contribution in [0.1, 0.15) is 19.4 Å². The van der Waals surface area contributed by atoms with Crippen molar-refractivity contribution in [2.75, 3.05) is 18.5 Å². The van der Waals surface area contributed by atoms with Gasteiger partial charge in [-0.25, -0.2) is 4.79 Å². The number of amides is 1. The van der Waals surface area contributed by atoms with Crippen LogP contribution < -0.4 is 26.0 Å². The van der Waals surface area contributed by atoms with E-state index in [9.17, 15) is 14.4 Å². The van der Waals surface area contributed by atoms with E-state index in [2.05, 4.69) is 5.32 Å². The third-order valence-electron chi connectivity index (χ3n) is 3.71. The van der Waals surface area contributed by atoms with Gasteiger partial charge in [-0.2, -0.15) is 0 Å². The smallest absolute Gasteiger partial charge is 0.330 e. The second-order valence-corrected chi connectivity index (χ2v) is 5.69. The van der Waals surface area contributed by atoms with Gasteiger partial charge >= 0.3 is 5.69 Å². The van der Waals surface area contributed by atoms with Gasteiger partial charge in [0.05, 0.1) is 24.5 Å². The summed E-state index contributed by atoms with van der Waals surface area (Å²) in [6.07, 6.45) is 3.98. The second kappa shape index (κ2) is 8.88. The molecule has 1 amide bonds. The van der Waals surface area contributed by atoms with Crippen LogP contribution in [0.4, 0.5) is 5.69 Å². The summed E-state index contributed by atoms with van der Waals surface area (Å²) in [6.45, 7) is 4.65. The van der Waals surface area contributed by atoms with Gasteiger partial charge in [0, 0.05) is 32.4 Å². The average Bonchev–Trinajstić information content (AvgIpc) is 2.64. The lowest BCUT2D eigenvalue weighted by Gasteiger charge is -2.12. The molecule has 2 rings (SSSR count). The first kappa shape index (κ1) is 20.0. The monoisotopic (exact) mass is 373 g/mol. The first-order chi connectivity index (χ1) is 12.9. The number of benzene rings is 1. The molecule has 0 spiro atoms. The van der Waals surface area contributed by atoms with Gasteiger partial charge in [0.25, 0.3) is 5.56 Å². The minimum atomic E-state index is -0.476. The molecule has 0 unspecified atom stereocenters. The van der Waals surface area contributed by atoms with Crippen molar-refractivity contribution in [3.63, 3.8) is 0 Å². The van der Waals surface area contributed by atoms with E-state index < -0.39 is 17.2 Å². The van der Waals surface area contributed by atoms with Gasteiger partial charge < -0.3 is 19.4 Å². The Morgan fingerprint density at radius 2 is 1.85 bits per heavy atom. The van der Waals surface area contributed by atoms with Crippen LogP contribution in [0.25, 0.3) is 6.08 Å². The van der Waals surface area contributed by atoms with E-state index in [1.165, 1.54) is 37.0 Å². The maximum atomic E-state index is 12.3. The Balaban J connectivity index is 2.25. The Labute approximate surface area is 156 Å². The number of hydrogen-bond donors (Lipinski definition) is 1. The van der Waals surface area contributed by atoms with Crippen LogP contribution in [0.3, 0.4) is 0 Å². The van der Waals surface area contributed by atoms with E-state index >= 15 is 0 Å². The third kappa shape index (κ3) is 4.87. The molecule has 0 atom stereocenters. The number of nitrogens with one attached hydrogen (secondary N) is 1. The van der Waals surface area contributed by atoms with Gasteiger partial charge in [-0.1, -0.05) is 0 Å². The molecule has 8 nitrogen and oxygen atoms in total. The first-order valence-electron chi connectivity index (χ1n) is 8.52. The fraction of sp³-hybridized carbons (Fsp3) is 0.316. The average molecular weight is 373 g/mol. The van der Waals surface area contributed by atoms with E-state index in [1.807, 2.05) is 13.8 Å². The molecular formula is C19H23N3O5. The summed E-state index contributed by atoms with van der Waals surface area (Å²) in [7, 11) is 2.92. The molecule has 8 heteroatoms. The Bertz CT molecular complexity index is 972. The molecule has 0 saturated carbocycles. The zero-order valence-electron chi connectivity index (χ0n) is 15.8. The molecule has 0 radical (unpaired) electrons. The summed E-state index contributed by atoms with van der Waals surface area (Å²) in [6, 6.07) is 5.15. The predicted molar refractivity (Wildman–Crippen MR) is 103 cm³/mol. The van der Waals surface area contributed by atoms with Crippen LogP contribution >= 0.6 is 0 Å². The Hall–Kier alpha value is -3.29. The molecule has 0 aliphatic heterocycles. The topological polar surface area (TPSA) is 91.6 Å². The van der Waals surface area contributed by atoms with E-state index in [1.54, 1.807) is 18.2 Å². The number of aromatic nitrogens is 2. The number of carbonyl (C=O) groups excluding carboxylic acids is 1. The second-order valence-electron chi connectivity index (χ2n) is 5.69. The first-order valence-corrected chi connectivity index (χ1v) is 8.52. The van der Waals surface area contributed by atoms with Crippen molar-refractivity contribution in [3.05, 3.63) is 56.9 Å². The Kier molecular flexibility index (Phi) is 6.59. The molecule has 0 fully saturated rings. The van der Waals surface area contributed by atoms with Crippen molar-refractivity contribution in [3.8, 4) is 11.5 Å². The molecule has 0 bridgehead atoms. The van der Waals surface area contributed by atoms with Crippen LogP contribution in [0, 0.1) is 0 Å². The predicted octanol–water partition coefficient (Wildman–Crippen LogP) is 1.53. The third-order valence-corrected chi connectivity index (χ3v) is 3.71. The van der Waals surface area contributed by atoms with E-state index in [0.29, 0.717) is 30.4 Å². The van der Waals surface area contributed by atoms with Gasteiger partial charge in [-0.15, -0.1) is 0 Å². The maximum absolute atomic E-state index is 12.3. The standard InChI is InChI=1S/C19H23N3O5/c1-5-26-14-8-9-16(27-6-2)15(11-14)20-17(23)10-7-13-12-21(3)19(25)22(4)18(13)24/h7-12H,5-6H2,1-4H3,(H,20,23)/b10-7+. The van der Waals surface area contributed by atoms with Gasteiger partial charge in [-0.05, 0) is 32.1 Å². The van der Waals surface area contributed by atoms with Gasteiger partial charge in [-0.3, -0.25) is 14.2 Å². The number of ether oxygens (including phenoxy) is 2. The molecule has 144 valence electrons. The molecule has 1 aromatic carbocycles. The lowest BCUT2D eigenvalue weighted by atomic mass is 10.2. The minimum absolute atomic E-state index is 0.225. The van der Waals surface area contributed by atoms with Gasteiger partial charge in [0.15, 0.2) is 0 Å². The zero-order valence-corrected chi connectivity index (χ0v) is 15.8. The molecule has 1 N–H and O–H groups in total. The molecule has 1 aromatic heterocycles. The maximum Gasteiger partial charge on any atom is 0.330 e. The highest BCUT2D eigenvalue weighted by molar-refractivity contribution is 6.02. The normalized spacial score (nSPS) is 10.8. The molecule has 1 heterocycles. The van der Waals surface area contributed by atoms with Gasteiger partial charge in [0.1, 0.15) is 11.5 Å². The summed E-state index contributed by atoms with van der Waals surface area (Å²) in [4.78, 5) is 36.1. The highest BCUT2D eigenvalue weighted by atomic mass is 16.5. The minimum Gasteiger partial charge on any atom is -0.494 e. The highest BCUT2D eigenvalue weighted by Gasteiger charge is 2.09. The lowest BCUT2D eigenvalue weighted by Crippen LogP contribution is -2.37. The van der Waals surface area contributed by atoms with Crippen LogP contribution in [-0.2, 0) is 18.9 Å². The Morgan fingerprint density at radius 1 is 1.15 bits per heavy atom. The van der Waals surface area contributed by atoms with Crippen LogP contribution in [-0.4, -0.2) is 28.3 Å². The fourth-order valence-electron chi connectivity index (χ4n) is 2.43. The number of rotatable bonds is 7. The van der Waals surface area contributed by atoms with E-state index in [-0.39, 0.29) is 5.56 Å². The SMILES string of the molecule is CCOc1ccc(OCC)c(NC(=O)/C=C/c2cn(C)c(=O)n(C)c2=O)c1. The van der Waals surface area contributed by atoms with Crippen molar-refractivity contribution in [1.29, 1.82) is 0 Å². The van der Waals surface area contributed by atoms with E-state index in [0.717, 1.165) is 4.57 Å². The fourth-order valence-corrected chi connectivity index (χ4v) is 2.43. The molecule has 27 heavy (non-hydrogen) atoms. The Morgan fingerprint density at radius 3 is 2.52 bits per heavy atom. The molecule has 0 aliphatic carbocycles. The van der Waals surface area contributed by atoms with Crippen molar-refractivity contribution in [1.82, 2.24) is 9.13 Å². The lowest BCUT2D eigenvalue weighted by molar-refractivity contribution is -0.111. The summed E-state index contributed by atoms with van der Waals surface area (Å²) in [5.41, 5.74) is -0.222. The molecule has 0 saturated heterocycles. The van der Waals surface area contributed by atoms with Crippen LogP contribution in [0.2, 0.25) is 0 Å². The summed E-state index contributed by atoms with van der Waals surface area (Å²) in [5, 5.41) is 2.72. The van der Waals surface area contributed by atoms with Gasteiger partial charge in [0.2, 0.25) is 5.91 Å². The number of nitrogens with zero attached hydrogens (tertiary/aromatic N) is 2. The molecular weight excluding hydrogens is 350 g/mol. The number of hydrogen-bond acceptors (Lipinski definition) is 5. The van der Waals surface area contributed by atoms with Crippen molar-refractivity contribution < 1.29 is 14.3 Å². The van der Waals surface area contributed by atoms with Crippen molar-refractivity contribution in [2.24, 2.45) is 14.1 Å². The summed E-state index contributed by atoms with van der Waals surface area (Å²) < 4.78 is 13.2. The summed E-state index contributed by atoms with van der Waals surface area (Å²) >= 11 is 0. The van der Waals surface area contributed by atoms with Crippen molar-refractivity contribution >= 4 is 17.7 Å². The molecule has 2 aromatic rings. The quantitative estimate of drug-likeness (QED) is 0.743. The van der Waals surface area contributed by atoms with Crippen LogP contribution in [0.15, 0.2) is 40.1 Å². The van der Waals surface area contributed by atoms with Crippen LogP contribution in [0.5, 0.6) is 11.5 Å². The zero-order chi connectivity index (χ0) is 20.0. The molecule has 0 aliphatic rings. The van der Waals surface area contributed by atoms with E-state index in [4.69, 9.17) is 9.47 Å². The van der Waals surface area contributed by atoms with Crippen molar-refractivity contribution in [2.45, 2.75) is 13.8 Å². The largest absolute Gasteiger partial charge is 0.494 e.